The lowest BCUT2D eigenvalue weighted by atomic mass is 9.81. The number of anilines is 2. The Kier molecular flexibility index (Phi) is 6.73. The number of fused-ring (bicyclic) bond motifs is 2. The van der Waals surface area contributed by atoms with Crippen molar-refractivity contribution in [1.29, 1.82) is 0 Å². The van der Waals surface area contributed by atoms with Crippen LogP contribution in [-0.2, 0) is 11.2 Å². The summed E-state index contributed by atoms with van der Waals surface area (Å²) in [6.45, 7) is 5.03. The SMILES string of the molecule is CC(O)C1CCCCC1Nc1nc2c(Cl)cc(Cc3cnc4ccc(N5CCOCC5)nn34)cc2s1. The molecule has 10 heteroatoms. The van der Waals surface area contributed by atoms with E-state index < -0.39 is 0 Å². The second-order valence-electron chi connectivity index (χ2n) is 9.87. The zero-order valence-electron chi connectivity index (χ0n) is 20.4. The predicted octanol–water partition coefficient (Wildman–Crippen LogP) is 4.77. The Balaban J connectivity index is 1.25. The number of halogens is 1. The number of thiazole rings is 1. The van der Waals surface area contributed by atoms with Crippen LogP contribution in [0.25, 0.3) is 15.9 Å². The van der Waals surface area contributed by atoms with Crippen LogP contribution in [0.3, 0.4) is 0 Å². The minimum absolute atomic E-state index is 0.238. The Bertz CT molecular complexity index is 1370. The molecule has 0 amide bonds. The van der Waals surface area contributed by atoms with E-state index in [1.807, 2.05) is 35.8 Å². The molecule has 0 radical (unpaired) electrons. The topological polar surface area (TPSA) is 87.8 Å². The lowest BCUT2D eigenvalue weighted by Gasteiger charge is -2.33. The van der Waals surface area contributed by atoms with Crippen molar-refractivity contribution < 1.29 is 9.84 Å². The van der Waals surface area contributed by atoms with E-state index >= 15 is 0 Å². The highest BCUT2D eigenvalue weighted by molar-refractivity contribution is 7.22. The Labute approximate surface area is 219 Å². The van der Waals surface area contributed by atoms with Crippen LogP contribution < -0.4 is 10.2 Å². The van der Waals surface area contributed by atoms with E-state index in [1.54, 1.807) is 11.3 Å². The molecular formula is C26H31ClN6O2S. The quantitative estimate of drug-likeness (QED) is 0.374. The van der Waals surface area contributed by atoms with Crippen molar-refractivity contribution in [3.05, 3.63) is 46.7 Å². The van der Waals surface area contributed by atoms with Crippen LogP contribution in [-0.4, -0.2) is 63.1 Å². The van der Waals surface area contributed by atoms with Crippen LogP contribution in [0, 0.1) is 5.92 Å². The third-order valence-electron chi connectivity index (χ3n) is 7.40. The van der Waals surface area contributed by atoms with Gasteiger partial charge in [0.05, 0.1) is 40.9 Å². The lowest BCUT2D eigenvalue weighted by Crippen LogP contribution is -2.38. The van der Waals surface area contributed by atoms with Crippen LogP contribution in [0.2, 0.25) is 5.02 Å². The summed E-state index contributed by atoms with van der Waals surface area (Å²) in [5.74, 6) is 1.19. The van der Waals surface area contributed by atoms with Gasteiger partial charge in [-0.3, -0.25) is 0 Å². The van der Waals surface area contributed by atoms with Crippen LogP contribution in [0.4, 0.5) is 10.9 Å². The number of nitrogens with one attached hydrogen (secondary N) is 1. The van der Waals surface area contributed by atoms with Crippen LogP contribution in [0.1, 0.15) is 43.9 Å². The highest BCUT2D eigenvalue weighted by atomic mass is 35.5. The average molecular weight is 527 g/mol. The van der Waals surface area contributed by atoms with Crippen LogP contribution >= 0.6 is 22.9 Å². The third-order valence-corrected chi connectivity index (χ3v) is 8.62. The highest BCUT2D eigenvalue weighted by Crippen LogP contribution is 2.36. The molecule has 6 rings (SSSR count). The Morgan fingerprint density at radius 2 is 2.06 bits per heavy atom. The average Bonchev–Trinajstić information content (AvgIpc) is 3.48. The summed E-state index contributed by atoms with van der Waals surface area (Å²) in [5, 5.41) is 20.2. The van der Waals surface area contributed by atoms with E-state index in [0.29, 0.717) is 11.4 Å². The number of benzene rings is 1. The molecule has 190 valence electrons. The van der Waals surface area contributed by atoms with Gasteiger partial charge in [-0.2, -0.15) is 0 Å². The van der Waals surface area contributed by atoms with E-state index in [2.05, 4.69) is 21.3 Å². The molecule has 1 aromatic carbocycles. The molecule has 4 heterocycles. The minimum Gasteiger partial charge on any atom is -0.393 e. The van der Waals surface area contributed by atoms with Gasteiger partial charge in [-0.15, -0.1) is 5.10 Å². The van der Waals surface area contributed by atoms with Crippen molar-refractivity contribution in [2.45, 2.75) is 51.2 Å². The maximum absolute atomic E-state index is 10.2. The molecule has 1 aliphatic carbocycles. The van der Waals surface area contributed by atoms with Gasteiger partial charge in [-0.25, -0.2) is 14.5 Å². The van der Waals surface area contributed by atoms with Gasteiger partial charge < -0.3 is 20.1 Å². The fourth-order valence-corrected chi connectivity index (χ4v) is 6.84. The molecule has 0 spiro atoms. The largest absolute Gasteiger partial charge is 0.393 e. The van der Waals surface area contributed by atoms with Gasteiger partial charge in [0.2, 0.25) is 0 Å². The van der Waals surface area contributed by atoms with E-state index in [-0.39, 0.29) is 18.1 Å². The normalized spacial score (nSPS) is 21.8. The number of hydrogen-bond acceptors (Lipinski definition) is 8. The number of aliphatic hydroxyl groups is 1. The summed E-state index contributed by atoms with van der Waals surface area (Å²) in [4.78, 5) is 11.6. The standard InChI is InChI=1S/C26H31ClN6O2S/c1-16(34)19-4-2-3-5-21(19)29-26-30-25-20(27)13-17(14-22(25)36-26)12-18-15-28-23-6-7-24(31-33(18)23)32-8-10-35-11-9-32/h6-7,13-16,19,21,34H,2-5,8-12H2,1H3,(H,29,30). The zero-order chi connectivity index (χ0) is 24.6. The first kappa shape index (κ1) is 23.9. The second kappa shape index (κ2) is 10.1. The van der Waals surface area contributed by atoms with Crippen molar-refractivity contribution in [2.75, 3.05) is 36.5 Å². The van der Waals surface area contributed by atoms with E-state index in [0.717, 1.165) is 77.2 Å². The maximum atomic E-state index is 10.2. The van der Waals surface area contributed by atoms with Gasteiger partial charge in [0, 0.05) is 31.5 Å². The molecule has 1 saturated heterocycles. The number of ether oxygens (including phenoxy) is 1. The molecule has 4 aromatic rings. The van der Waals surface area contributed by atoms with Gasteiger partial charge >= 0.3 is 0 Å². The van der Waals surface area contributed by atoms with Crippen molar-refractivity contribution in [3.8, 4) is 0 Å². The molecule has 8 nitrogen and oxygen atoms in total. The van der Waals surface area contributed by atoms with Gasteiger partial charge in [-0.1, -0.05) is 35.8 Å². The monoisotopic (exact) mass is 526 g/mol. The molecule has 36 heavy (non-hydrogen) atoms. The molecule has 1 saturated carbocycles. The molecule has 2 aliphatic rings. The first-order valence-corrected chi connectivity index (χ1v) is 13.9. The fourth-order valence-electron chi connectivity index (χ4n) is 5.48. The second-order valence-corrected chi connectivity index (χ2v) is 11.3. The van der Waals surface area contributed by atoms with Gasteiger partial charge in [0.1, 0.15) is 11.3 Å². The molecule has 2 fully saturated rings. The molecule has 2 N–H and O–H groups in total. The first-order valence-electron chi connectivity index (χ1n) is 12.7. The van der Waals surface area contributed by atoms with Gasteiger partial charge in [0.25, 0.3) is 0 Å². The highest BCUT2D eigenvalue weighted by Gasteiger charge is 2.29. The number of rotatable bonds is 6. The fraction of sp³-hybridized carbons (Fsp3) is 0.500. The van der Waals surface area contributed by atoms with Crippen LogP contribution in [0.15, 0.2) is 30.5 Å². The van der Waals surface area contributed by atoms with E-state index in [4.69, 9.17) is 26.4 Å². The molecule has 3 unspecified atom stereocenters. The third kappa shape index (κ3) is 4.77. The summed E-state index contributed by atoms with van der Waals surface area (Å²) in [7, 11) is 0. The van der Waals surface area contributed by atoms with Crippen molar-refractivity contribution in [3.63, 3.8) is 0 Å². The van der Waals surface area contributed by atoms with Crippen LogP contribution in [0.5, 0.6) is 0 Å². The van der Waals surface area contributed by atoms with E-state index in [1.165, 1.54) is 12.8 Å². The molecule has 1 aliphatic heterocycles. The summed E-state index contributed by atoms with van der Waals surface area (Å²) >= 11 is 8.33. The Hall–Kier alpha value is -2.46. The number of aromatic nitrogens is 4. The summed E-state index contributed by atoms with van der Waals surface area (Å²) in [6.07, 6.45) is 6.69. The summed E-state index contributed by atoms with van der Waals surface area (Å²) in [6, 6.07) is 8.45. The molecule has 0 bridgehead atoms. The zero-order valence-corrected chi connectivity index (χ0v) is 21.9. The van der Waals surface area contributed by atoms with Crippen molar-refractivity contribution in [1.82, 2.24) is 19.6 Å². The van der Waals surface area contributed by atoms with Crippen molar-refractivity contribution in [2.24, 2.45) is 5.92 Å². The molecule has 3 atom stereocenters. The molecule has 3 aromatic heterocycles. The Morgan fingerprint density at radius 1 is 1.22 bits per heavy atom. The Morgan fingerprint density at radius 3 is 2.89 bits per heavy atom. The summed E-state index contributed by atoms with van der Waals surface area (Å²) < 4.78 is 8.47. The van der Waals surface area contributed by atoms with Crippen molar-refractivity contribution >= 4 is 49.8 Å². The maximum Gasteiger partial charge on any atom is 0.184 e. The minimum atomic E-state index is -0.324. The van der Waals surface area contributed by atoms with Gasteiger partial charge in [-0.05, 0) is 49.6 Å². The number of imidazole rings is 1. The summed E-state index contributed by atoms with van der Waals surface area (Å²) in [5.41, 5.74) is 3.77. The number of morpholine rings is 1. The molecular weight excluding hydrogens is 496 g/mol. The smallest absolute Gasteiger partial charge is 0.184 e. The van der Waals surface area contributed by atoms with Gasteiger partial charge in [0.15, 0.2) is 10.8 Å². The number of aliphatic hydroxyl groups excluding tert-OH is 1. The lowest BCUT2D eigenvalue weighted by molar-refractivity contribution is 0.0928. The van der Waals surface area contributed by atoms with E-state index in [9.17, 15) is 5.11 Å². The first-order chi connectivity index (χ1) is 17.5. The predicted molar refractivity (Wildman–Crippen MR) is 145 cm³/mol. The number of hydrogen-bond donors (Lipinski definition) is 2. The number of nitrogens with zero attached hydrogens (tertiary/aromatic N) is 5.